The number of nitrogens with two attached hydrogens (primary N) is 1. The largest absolute Gasteiger partial charge is 0.390 e. The van der Waals surface area contributed by atoms with Gasteiger partial charge in [-0.2, -0.15) is 0 Å². The fraction of sp³-hybridized carbons (Fsp3) is 0.455. The summed E-state index contributed by atoms with van der Waals surface area (Å²) in [6.45, 7) is 3.35. The maximum absolute atomic E-state index is 11.6. The first-order chi connectivity index (χ1) is 7.95. The number of amides is 1. The number of hydrogen-bond donors (Lipinski definition) is 3. The van der Waals surface area contributed by atoms with Gasteiger partial charge in [-0.05, 0) is 19.4 Å². The summed E-state index contributed by atoms with van der Waals surface area (Å²) in [5.41, 5.74) is 5.92. The third kappa shape index (κ3) is 3.54. The molecule has 1 unspecified atom stereocenters. The smallest absolute Gasteiger partial charge is 0.256 e. The van der Waals surface area contributed by atoms with Crippen molar-refractivity contribution in [1.82, 2.24) is 5.32 Å². The molecular formula is C11H16N2O3S. The minimum Gasteiger partial charge on any atom is -0.390 e. The predicted molar refractivity (Wildman–Crippen MR) is 67.1 cm³/mol. The van der Waals surface area contributed by atoms with Gasteiger partial charge in [0.05, 0.1) is 15.4 Å². The molecule has 0 aliphatic rings. The van der Waals surface area contributed by atoms with Gasteiger partial charge < -0.3 is 16.2 Å². The maximum atomic E-state index is 11.6. The third-order valence-corrected chi connectivity index (χ3v) is 3.10. The number of aliphatic hydroxyl groups is 1. The quantitative estimate of drug-likeness (QED) is 0.548. The number of aliphatic hydroxyl groups excluding tert-OH is 1. The van der Waals surface area contributed by atoms with Crippen molar-refractivity contribution in [3.05, 3.63) is 16.5 Å². The van der Waals surface area contributed by atoms with E-state index in [1.165, 1.54) is 13.0 Å². The minimum absolute atomic E-state index is 0.0136. The van der Waals surface area contributed by atoms with Crippen LogP contribution in [0.25, 0.3) is 0 Å². The van der Waals surface area contributed by atoms with E-state index in [0.29, 0.717) is 16.3 Å². The van der Waals surface area contributed by atoms with Crippen LogP contribution in [-0.4, -0.2) is 23.0 Å². The van der Waals surface area contributed by atoms with Crippen LogP contribution in [0.5, 0.6) is 0 Å². The number of anilines is 1. The van der Waals surface area contributed by atoms with Crippen LogP contribution in [0, 0.1) is 0 Å². The molecule has 1 heterocycles. The van der Waals surface area contributed by atoms with Gasteiger partial charge in [-0.3, -0.25) is 9.59 Å². The highest BCUT2D eigenvalue weighted by molar-refractivity contribution is 7.18. The molecule has 94 valence electrons. The summed E-state index contributed by atoms with van der Waals surface area (Å²) in [5.74, 6) is -0.482. The lowest BCUT2D eigenvalue weighted by molar-refractivity contribution is 0.0820. The monoisotopic (exact) mass is 256 g/mol. The molecule has 0 aliphatic heterocycles. The Morgan fingerprint density at radius 1 is 1.59 bits per heavy atom. The van der Waals surface area contributed by atoms with E-state index in [1.54, 1.807) is 0 Å². The Bertz CT molecular complexity index is 426. The molecular weight excluding hydrogens is 240 g/mol. The summed E-state index contributed by atoms with van der Waals surface area (Å²) >= 11 is 1.10. The molecule has 5 nitrogen and oxygen atoms in total. The summed E-state index contributed by atoms with van der Waals surface area (Å²) in [6.07, 6.45) is 0.250. The molecule has 0 aromatic carbocycles. The Balaban J connectivity index is 2.88. The molecule has 0 aliphatic carbocycles. The predicted octanol–water partition coefficient (Wildman–Crippen LogP) is 1.38. The van der Waals surface area contributed by atoms with E-state index >= 15 is 0 Å². The zero-order chi connectivity index (χ0) is 13.0. The number of carbonyl (C=O) groups is 2. The average molecular weight is 256 g/mol. The fourth-order valence-corrected chi connectivity index (χ4v) is 2.23. The second kappa shape index (κ2) is 5.79. The van der Waals surface area contributed by atoms with Crippen molar-refractivity contribution in [2.45, 2.75) is 32.9 Å². The van der Waals surface area contributed by atoms with E-state index in [9.17, 15) is 9.59 Å². The summed E-state index contributed by atoms with van der Waals surface area (Å²) in [4.78, 5) is 23.7. The molecule has 4 N–H and O–H groups in total. The molecule has 1 rings (SSSR count). The molecule has 0 bridgehead atoms. The van der Waals surface area contributed by atoms with Crippen molar-refractivity contribution in [3.63, 3.8) is 0 Å². The van der Waals surface area contributed by atoms with Crippen LogP contribution in [0.2, 0.25) is 0 Å². The highest BCUT2D eigenvalue weighted by Crippen LogP contribution is 2.26. The van der Waals surface area contributed by atoms with Gasteiger partial charge in [0.2, 0.25) is 0 Å². The van der Waals surface area contributed by atoms with Gasteiger partial charge in [-0.15, -0.1) is 11.3 Å². The second-order valence-corrected chi connectivity index (χ2v) is 4.79. The lowest BCUT2D eigenvalue weighted by Crippen LogP contribution is -2.32. The molecule has 1 aromatic heterocycles. The van der Waals surface area contributed by atoms with Crippen molar-refractivity contribution in [1.29, 1.82) is 0 Å². The first kappa shape index (κ1) is 13.7. The normalized spacial score (nSPS) is 12.2. The minimum atomic E-state index is -0.948. The highest BCUT2D eigenvalue weighted by atomic mass is 32.1. The number of nitrogens with one attached hydrogen (secondary N) is 1. The lowest BCUT2D eigenvalue weighted by Gasteiger charge is -2.06. The van der Waals surface area contributed by atoms with E-state index in [2.05, 4.69) is 5.32 Å². The molecule has 1 amide bonds. The topological polar surface area (TPSA) is 92.4 Å². The summed E-state index contributed by atoms with van der Waals surface area (Å²) in [6, 6.07) is 1.48. The van der Waals surface area contributed by atoms with Gasteiger partial charge >= 0.3 is 0 Å². The van der Waals surface area contributed by atoms with Gasteiger partial charge in [-0.25, -0.2) is 0 Å². The number of nitrogen functional groups attached to an aromatic ring is 1. The van der Waals surface area contributed by atoms with E-state index in [1.807, 2.05) is 6.92 Å². The Morgan fingerprint density at radius 2 is 2.24 bits per heavy atom. The van der Waals surface area contributed by atoms with Crippen LogP contribution in [0.15, 0.2) is 6.07 Å². The molecule has 0 spiro atoms. The molecule has 0 saturated heterocycles. The van der Waals surface area contributed by atoms with Gasteiger partial charge in [0.25, 0.3) is 5.91 Å². The van der Waals surface area contributed by atoms with Gasteiger partial charge in [0, 0.05) is 6.42 Å². The van der Waals surface area contributed by atoms with E-state index in [0.717, 1.165) is 17.8 Å². The molecule has 6 heteroatoms. The fourth-order valence-electron chi connectivity index (χ4n) is 1.34. The number of carbonyl (C=O) groups excluding carboxylic acids is 2. The Labute approximate surface area is 104 Å². The van der Waals surface area contributed by atoms with Crippen molar-refractivity contribution in [2.24, 2.45) is 0 Å². The standard InChI is InChI=1S/C11H16N2O3S/c1-3-4-8(15)9-5-7(10(12)17-9)11(16)13-6(2)14/h5-6,14H,3-4,12H2,1-2H3,(H,13,16). The SMILES string of the molecule is CCCC(=O)c1cc(C(=O)NC(C)O)c(N)s1. The van der Waals surface area contributed by atoms with E-state index in [-0.39, 0.29) is 11.3 Å². The first-order valence-corrected chi connectivity index (χ1v) is 6.18. The van der Waals surface area contributed by atoms with Crippen molar-refractivity contribution in [3.8, 4) is 0 Å². The number of Topliss-reactive ketones (excluding diaryl/α,β-unsaturated/α-hetero) is 1. The van der Waals surface area contributed by atoms with Crippen molar-refractivity contribution in [2.75, 3.05) is 5.73 Å². The van der Waals surface area contributed by atoms with Crippen LogP contribution < -0.4 is 11.1 Å². The Hall–Kier alpha value is -1.40. The zero-order valence-electron chi connectivity index (χ0n) is 9.82. The zero-order valence-corrected chi connectivity index (χ0v) is 10.6. The lowest BCUT2D eigenvalue weighted by atomic mass is 10.2. The highest BCUT2D eigenvalue weighted by Gasteiger charge is 2.18. The van der Waals surface area contributed by atoms with Crippen molar-refractivity contribution >= 4 is 28.0 Å². The number of thiophene rings is 1. The summed E-state index contributed by atoms with van der Waals surface area (Å²) in [7, 11) is 0. The molecule has 1 aromatic rings. The Kier molecular flexibility index (Phi) is 4.65. The van der Waals surface area contributed by atoms with Gasteiger partial charge in [0.15, 0.2) is 5.78 Å². The molecule has 0 saturated carbocycles. The number of ketones is 1. The average Bonchev–Trinajstić information content (AvgIpc) is 2.59. The van der Waals surface area contributed by atoms with Crippen LogP contribution in [0.3, 0.4) is 0 Å². The van der Waals surface area contributed by atoms with Gasteiger partial charge in [-0.1, -0.05) is 6.92 Å². The Morgan fingerprint density at radius 3 is 2.76 bits per heavy atom. The van der Waals surface area contributed by atoms with E-state index in [4.69, 9.17) is 10.8 Å². The number of hydrogen-bond acceptors (Lipinski definition) is 5. The first-order valence-electron chi connectivity index (χ1n) is 5.37. The second-order valence-electron chi connectivity index (χ2n) is 3.71. The molecule has 0 radical (unpaired) electrons. The molecule has 17 heavy (non-hydrogen) atoms. The summed E-state index contributed by atoms with van der Waals surface area (Å²) in [5, 5.41) is 11.6. The van der Waals surface area contributed by atoms with Crippen LogP contribution in [0.4, 0.5) is 5.00 Å². The summed E-state index contributed by atoms with van der Waals surface area (Å²) < 4.78 is 0. The molecule has 0 fully saturated rings. The number of rotatable bonds is 5. The van der Waals surface area contributed by atoms with Crippen LogP contribution in [-0.2, 0) is 0 Å². The van der Waals surface area contributed by atoms with Crippen molar-refractivity contribution < 1.29 is 14.7 Å². The van der Waals surface area contributed by atoms with Crippen LogP contribution >= 0.6 is 11.3 Å². The van der Waals surface area contributed by atoms with Crippen LogP contribution in [0.1, 0.15) is 46.7 Å². The third-order valence-electron chi connectivity index (χ3n) is 2.10. The maximum Gasteiger partial charge on any atom is 0.256 e. The van der Waals surface area contributed by atoms with Gasteiger partial charge in [0.1, 0.15) is 6.23 Å². The molecule has 1 atom stereocenters. The van der Waals surface area contributed by atoms with E-state index < -0.39 is 12.1 Å².